The first kappa shape index (κ1) is 24.2. The van der Waals surface area contributed by atoms with Gasteiger partial charge >= 0.3 is 0 Å². The number of anilines is 1. The van der Waals surface area contributed by atoms with E-state index < -0.39 is 0 Å². The smallest absolute Gasteiger partial charge is 0.191 e. The Morgan fingerprint density at radius 1 is 1.48 bits per heavy atom. The van der Waals surface area contributed by atoms with E-state index in [9.17, 15) is 0 Å². The van der Waals surface area contributed by atoms with E-state index in [2.05, 4.69) is 37.5 Å². The molecule has 0 saturated carbocycles. The van der Waals surface area contributed by atoms with Gasteiger partial charge in [0.15, 0.2) is 5.96 Å². The Balaban J connectivity index is 0.00000364. The van der Waals surface area contributed by atoms with Gasteiger partial charge in [-0.05, 0) is 38.6 Å². The average Bonchev–Trinajstić information content (AvgIpc) is 3.11. The van der Waals surface area contributed by atoms with Gasteiger partial charge in [-0.25, -0.2) is 4.98 Å². The van der Waals surface area contributed by atoms with Crippen molar-refractivity contribution in [1.82, 2.24) is 20.5 Å². The quantitative estimate of drug-likeness (QED) is 0.230. The van der Waals surface area contributed by atoms with Gasteiger partial charge in [0, 0.05) is 52.6 Å². The number of nitrogens with zero attached hydrogens (tertiary/aromatic N) is 4. The fourth-order valence-corrected chi connectivity index (χ4v) is 3.22. The number of likely N-dealkylation sites (N-methyl/N-ethyl adjacent to an activating group) is 1. The van der Waals surface area contributed by atoms with E-state index >= 15 is 0 Å². The van der Waals surface area contributed by atoms with E-state index in [1.807, 2.05) is 19.2 Å². The molecule has 0 spiro atoms. The summed E-state index contributed by atoms with van der Waals surface area (Å²) in [5.41, 5.74) is 0. The second-order valence-corrected chi connectivity index (χ2v) is 6.94. The lowest BCUT2D eigenvalue weighted by Crippen LogP contribution is -2.45. The van der Waals surface area contributed by atoms with Crippen LogP contribution in [0.5, 0.6) is 0 Å². The molecule has 0 aromatic carbocycles. The standard InChI is InChI=1S/C18H31ClN6O.HI/c1-20-18(22-9-5-10-24(2)12-13-26-3)23-15-7-11-25(14-15)17-16(19)6-4-8-21-17;/h4,6,8,15H,5,7,9-14H2,1-3H3,(H2,20,22,23);1H. The summed E-state index contributed by atoms with van der Waals surface area (Å²) in [4.78, 5) is 13.2. The molecule has 0 radical (unpaired) electrons. The number of halogens is 2. The molecule has 1 unspecified atom stereocenters. The Bertz CT molecular complexity index is 577. The summed E-state index contributed by atoms with van der Waals surface area (Å²) in [6.07, 6.45) is 3.88. The number of guanidine groups is 1. The van der Waals surface area contributed by atoms with Crippen molar-refractivity contribution in [3.05, 3.63) is 23.4 Å². The number of hydrogen-bond donors (Lipinski definition) is 2. The molecule has 154 valence electrons. The number of methoxy groups -OCH3 is 1. The number of nitrogens with one attached hydrogen (secondary N) is 2. The highest BCUT2D eigenvalue weighted by Gasteiger charge is 2.25. The van der Waals surface area contributed by atoms with E-state index in [0.29, 0.717) is 11.1 Å². The molecule has 1 atom stereocenters. The number of aliphatic imine (C=N–C) groups is 1. The predicted octanol–water partition coefficient (Wildman–Crippen LogP) is 2.06. The van der Waals surface area contributed by atoms with E-state index in [-0.39, 0.29) is 24.0 Å². The van der Waals surface area contributed by atoms with Crippen LogP contribution in [0.3, 0.4) is 0 Å². The largest absolute Gasteiger partial charge is 0.383 e. The molecule has 1 aliphatic heterocycles. The molecular weight excluding hydrogens is 479 g/mol. The highest BCUT2D eigenvalue weighted by atomic mass is 127. The van der Waals surface area contributed by atoms with Crippen LogP contribution < -0.4 is 15.5 Å². The molecule has 9 heteroatoms. The fraction of sp³-hybridized carbons (Fsp3) is 0.667. The molecule has 7 nitrogen and oxygen atoms in total. The Morgan fingerprint density at radius 2 is 2.30 bits per heavy atom. The van der Waals surface area contributed by atoms with E-state index in [1.54, 1.807) is 13.3 Å². The van der Waals surface area contributed by atoms with E-state index in [4.69, 9.17) is 16.3 Å². The molecule has 2 N–H and O–H groups in total. The second-order valence-electron chi connectivity index (χ2n) is 6.53. The summed E-state index contributed by atoms with van der Waals surface area (Å²) in [7, 11) is 5.65. The lowest BCUT2D eigenvalue weighted by Gasteiger charge is -2.20. The summed E-state index contributed by atoms with van der Waals surface area (Å²) in [5.74, 6) is 1.71. The molecule has 0 amide bonds. The summed E-state index contributed by atoms with van der Waals surface area (Å²) < 4.78 is 5.09. The number of rotatable bonds is 9. The second kappa shape index (κ2) is 13.4. The third kappa shape index (κ3) is 8.37. The van der Waals surface area contributed by atoms with Crippen LogP contribution in [0.15, 0.2) is 23.3 Å². The van der Waals surface area contributed by atoms with E-state index in [0.717, 1.165) is 63.9 Å². The first-order valence-electron chi connectivity index (χ1n) is 9.14. The maximum Gasteiger partial charge on any atom is 0.191 e. The monoisotopic (exact) mass is 510 g/mol. The number of aromatic nitrogens is 1. The van der Waals surface area contributed by atoms with Crippen molar-refractivity contribution in [2.75, 3.05) is 65.4 Å². The normalized spacial score (nSPS) is 17.1. The van der Waals surface area contributed by atoms with Crippen LogP contribution in [0, 0.1) is 0 Å². The fourth-order valence-electron chi connectivity index (χ4n) is 2.98. The Labute approximate surface area is 184 Å². The highest BCUT2D eigenvalue weighted by Crippen LogP contribution is 2.25. The topological polar surface area (TPSA) is 65.0 Å². The zero-order chi connectivity index (χ0) is 18.8. The summed E-state index contributed by atoms with van der Waals surface area (Å²) in [5, 5.41) is 7.60. The van der Waals surface area contributed by atoms with Gasteiger partial charge in [0.2, 0.25) is 0 Å². The summed E-state index contributed by atoms with van der Waals surface area (Å²) >= 11 is 6.25. The molecule has 27 heavy (non-hydrogen) atoms. The van der Waals surface area contributed by atoms with Crippen molar-refractivity contribution in [1.29, 1.82) is 0 Å². The van der Waals surface area contributed by atoms with Crippen molar-refractivity contribution in [3.8, 4) is 0 Å². The van der Waals surface area contributed by atoms with Gasteiger partial charge in [0.1, 0.15) is 5.82 Å². The Kier molecular flexibility index (Phi) is 12.0. The van der Waals surface area contributed by atoms with Crippen LogP contribution in [-0.4, -0.2) is 82.4 Å². The zero-order valence-corrected chi connectivity index (χ0v) is 19.5. The van der Waals surface area contributed by atoms with Crippen molar-refractivity contribution in [2.45, 2.75) is 18.9 Å². The minimum atomic E-state index is 0. The first-order chi connectivity index (χ1) is 12.6. The van der Waals surface area contributed by atoms with Crippen molar-refractivity contribution < 1.29 is 4.74 Å². The minimum absolute atomic E-state index is 0. The number of ether oxygens (including phenoxy) is 1. The van der Waals surface area contributed by atoms with Crippen LogP contribution in [0.1, 0.15) is 12.8 Å². The maximum atomic E-state index is 6.25. The van der Waals surface area contributed by atoms with Crippen molar-refractivity contribution in [3.63, 3.8) is 0 Å². The maximum absolute atomic E-state index is 6.25. The van der Waals surface area contributed by atoms with Crippen LogP contribution >= 0.6 is 35.6 Å². The Morgan fingerprint density at radius 3 is 3.00 bits per heavy atom. The van der Waals surface area contributed by atoms with Crippen LogP contribution in [0.4, 0.5) is 5.82 Å². The number of hydrogen-bond acceptors (Lipinski definition) is 5. The number of pyridine rings is 1. The summed E-state index contributed by atoms with van der Waals surface area (Å²) in [6, 6.07) is 4.08. The van der Waals surface area contributed by atoms with Gasteiger partial charge in [0.05, 0.1) is 11.6 Å². The first-order valence-corrected chi connectivity index (χ1v) is 9.52. The van der Waals surface area contributed by atoms with Crippen molar-refractivity contribution >= 4 is 47.4 Å². The highest BCUT2D eigenvalue weighted by molar-refractivity contribution is 14.0. The lowest BCUT2D eigenvalue weighted by atomic mass is 10.3. The van der Waals surface area contributed by atoms with Crippen molar-refractivity contribution in [2.24, 2.45) is 4.99 Å². The lowest BCUT2D eigenvalue weighted by molar-refractivity contribution is 0.161. The Hall–Kier alpha value is -0.840. The molecular formula is C18H32ClIN6O. The van der Waals surface area contributed by atoms with Gasteiger partial charge in [-0.15, -0.1) is 24.0 Å². The van der Waals surface area contributed by atoms with Gasteiger partial charge in [-0.1, -0.05) is 11.6 Å². The SMILES string of the molecule is CN=C(NCCCN(C)CCOC)NC1CCN(c2ncccc2Cl)C1.I. The molecule has 1 aliphatic rings. The van der Waals surface area contributed by atoms with Crippen LogP contribution in [-0.2, 0) is 4.74 Å². The molecule has 0 bridgehead atoms. The van der Waals surface area contributed by atoms with E-state index in [1.165, 1.54) is 0 Å². The van der Waals surface area contributed by atoms with Gasteiger partial charge < -0.3 is 25.2 Å². The summed E-state index contributed by atoms with van der Waals surface area (Å²) in [6.45, 7) is 5.46. The van der Waals surface area contributed by atoms with Crippen LogP contribution in [0.2, 0.25) is 5.02 Å². The molecule has 1 aromatic rings. The third-order valence-electron chi connectivity index (χ3n) is 4.48. The molecule has 0 aliphatic carbocycles. The molecule has 2 rings (SSSR count). The van der Waals surface area contributed by atoms with Crippen LogP contribution in [0.25, 0.3) is 0 Å². The molecule has 2 heterocycles. The van der Waals surface area contributed by atoms with Gasteiger partial charge in [-0.3, -0.25) is 4.99 Å². The third-order valence-corrected chi connectivity index (χ3v) is 4.77. The molecule has 1 aromatic heterocycles. The minimum Gasteiger partial charge on any atom is -0.383 e. The van der Waals surface area contributed by atoms with Gasteiger partial charge in [0.25, 0.3) is 0 Å². The van der Waals surface area contributed by atoms with Gasteiger partial charge in [-0.2, -0.15) is 0 Å². The average molecular weight is 511 g/mol. The molecule has 1 fully saturated rings. The predicted molar refractivity (Wildman–Crippen MR) is 124 cm³/mol. The molecule has 1 saturated heterocycles. The zero-order valence-electron chi connectivity index (χ0n) is 16.4.